The van der Waals surface area contributed by atoms with Crippen LogP contribution in [0.5, 0.6) is 5.75 Å². The van der Waals surface area contributed by atoms with Gasteiger partial charge >= 0.3 is 0 Å². The van der Waals surface area contributed by atoms with Crippen molar-refractivity contribution in [3.05, 3.63) is 156 Å². The molecule has 0 N–H and O–H groups in total. The van der Waals surface area contributed by atoms with E-state index in [2.05, 4.69) is 102 Å². The first-order chi connectivity index (χ1) is 24.2. The van der Waals surface area contributed by atoms with Gasteiger partial charge in [0, 0.05) is 20.2 Å². The third-order valence-corrected chi connectivity index (χ3v) is 11.0. The zero-order valence-electron chi connectivity index (χ0n) is 28.0. The predicted molar refractivity (Wildman–Crippen MR) is 217 cm³/mol. The van der Waals surface area contributed by atoms with Crippen molar-refractivity contribution in [1.29, 1.82) is 0 Å². The summed E-state index contributed by atoms with van der Waals surface area (Å²) in [4.78, 5) is 0.389. The molecule has 0 amide bonds. The molecule has 0 aliphatic heterocycles. The summed E-state index contributed by atoms with van der Waals surface area (Å²) in [5.74, 6) is 0.845. The second-order valence-electron chi connectivity index (χ2n) is 12.9. The monoisotopic (exact) mass is 708 g/mol. The van der Waals surface area contributed by atoms with Crippen LogP contribution in [0.15, 0.2) is 161 Å². The number of fused-ring (bicyclic) bond motifs is 5. The van der Waals surface area contributed by atoms with Crippen molar-refractivity contribution >= 4 is 85.9 Å². The van der Waals surface area contributed by atoms with E-state index in [1.807, 2.05) is 75.4 Å². The van der Waals surface area contributed by atoms with E-state index in [0.717, 1.165) is 49.2 Å². The fraction of sp³-hybridized carbons (Fsp3) is 0.0909. The smallest absolute Gasteiger partial charge is 0.169 e. The summed E-state index contributed by atoms with van der Waals surface area (Å²) in [7, 11) is -2.73. The Hall–Kier alpha value is -5.01. The minimum Gasteiger partial charge on any atom is -0.488 e. The average molecular weight is 709 g/mol. The van der Waals surface area contributed by atoms with Crippen LogP contribution in [0.25, 0.3) is 63.6 Å². The van der Waals surface area contributed by atoms with Crippen molar-refractivity contribution in [2.24, 2.45) is 0 Å². The van der Waals surface area contributed by atoms with Crippen LogP contribution < -0.4 is 4.74 Å². The highest BCUT2D eigenvalue weighted by Gasteiger charge is 2.17. The summed E-state index contributed by atoms with van der Waals surface area (Å²) in [6, 6.07) is 49.1. The molecule has 2 aromatic heterocycles. The zero-order valence-corrected chi connectivity index (χ0v) is 30.5. The highest BCUT2D eigenvalue weighted by atomic mass is 32.2. The van der Waals surface area contributed by atoms with E-state index in [1.54, 1.807) is 22.7 Å². The van der Waals surface area contributed by atoms with Crippen molar-refractivity contribution in [3.8, 4) is 16.9 Å². The van der Waals surface area contributed by atoms with Crippen LogP contribution in [0.3, 0.4) is 0 Å². The van der Waals surface area contributed by atoms with E-state index >= 15 is 0 Å². The Balaban J connectivity index is 0.000000174. The average Bonchev–Trinajstić information content (AvgIpc) is 3.80. The summed E-state index contributed by atoms with van der Waals surface area (Å²) in [5.41, 5.74) is 1.85. The first-order valence-electron chi connectivity index (χ1n) is 16.4. The van der Waals surface area contributed by atoms with Gasteiger partial charge in [-0.25, -0.2) is 8.42 Å². The van der Waals surface area contributed by atoms with E-state index in [1.165, 1.54) is 20.2 Å². The molecule has 0 bridgehead atoms. The Morgan fingerprint density at radius 2 is 0.980 bits per heavy atom. The molecule has 0 saturated carbocycles. The molecule has 248 valence electrons. The summed E-state index contributed by atoms with van der Waals surface area (Å²) in [5, 5.41) is 12.5. The molecule has 2 heterocycles. The lowest BCUT2D eigenvalue weighted by molar-refractivity contribution is 0.131. The maximum Gasteiger partial charge on any atom is 0.169 e. The first-order valence-corrected chi connectivity index (χ1v) is 19.3. The molecule has 0 atom stereocenters. The number of thiophene rings is 2. The van der Waals surface area contributed by atoms with Crippen molar-refractivity contribution in [1.82, 2.24) is 0 Å². The van der Waals surface area contributed by atoms with Crippen molar-refractivity contribution in [2.45, 2.75) is 31.3 Å². The van der Waals surface area contributed by atoms with Crippen molar-refractivity contribution in [3.63, 3.8) is 0 Å². The lowest BCUT2D eigenvalue weighted by Gasteiger charge is -2.21. The molecule has 7 aromatic carbocycles. The molecule has 0 aliphatic carbocycles. The van der Waals surface area contributed by atoms with Crippen LogP contribution in [0.2, 0.25) is 0 Å². The summed E-state index contributed by atoms with van der Waals surface area (Å²) in [6.07, 6.45) is 0. The van der Waals surface area contributed by atoms with Gasteiger partial charge in [0.2, 0.25) is 0 Å². The molecular formula is C44H36O3S3. The second kappa shape index (κ2) is 14.5. The van der Waals surface area contributed by atoms with Crippen LogP contribution in [-0.2, 0) is 10.7 Å². The number of benzene rings is 7. The molecule has 0 fully saturated rings. The standard InChI is InChI=1S/C28H24O3S.2C8H6S/c1-28(2,3)31-21-15-14-18-16-20(13-12-19(18)17-21)26-22-8-4-6-10-24(22)27(32(29)30)25-11-7-5-9-23(25)26;2*1-2-4-8-7(3-1)5-6-9-8/h4-17,32H,1-3H3;2*1-6H. The van der Waals surface area contributed by atoms with Gasteiger partial charge in [-0.2, -0.15) is 0 Å². The van der Waals surface area contributed by atoms with E-state index in [4.69, 9.17) is 4.74 Å². The van der Waals surface area contributed by atoms with E-state index in [-0.39, 0.29) is 5.60 Å². The summed E-state index contributed by atoms with van der Waals surface area (Å²) >= 11 is 3.57. The van der Waals surface area contributed by atoms with E-state index < -0.39 is 10.7 Å². The number of hydrogen-bond acceptors (Lipinski definition) is 5. The fourth-order valence-electron chi connectivity index (χ4n) is 6.22. The predicted octanol–water partition coefficient (Wildman–Crippen LogP) is 12.8. The molecule has 0 aliphatic rings. The van der Waals surface area contributed by atoms with Crippen LogP contribution in [0, 0.1) is 0 Å². The molecule has 3 nitrogen and oxygen atoms in total. The zero-order chi connectivity index (χ0) is 34.7. The largest absolute Gasteiger partial charge is 0.488 e. The molecule has 9 aromatic rings. The lowest BCUT2D eigenvalue weighted by atomic mass is 9.91. The van der Waals surface area contributed by atoms with Gasteiger partial charge in [-0.3, -0.25) is 0 Å². The Labute approximate surface area is 302 Å². The molecule has 9 rings (SSSR count). The minimum absolute atomic E-state index is 0.254. The minimum atomic E-state index is -2.73. The number of hydrogen-bond donors (Lipinski definition) is 1. The summed E-state index contributed by atoms with van der Waals surface area (Å²) in [6.45, 7) is 6.11. The van der Waals surface area contributed by atoms with Crippen LogP contribution >= 0.6 is 22.7 Å². The van der Waals surface area contributed by atoms with Crippen molar-refractivity contribution < 1.29 is 13.2 Å². The Morgan fingerprint density at radius 1 is 0.500 bits per heavy atom. The Morgan fingerprint density at radius 3 is 1.50 bits per heavy atom. The number of thiol groups is 1. The molecular weight excluding hydrogens is 673 g/mol. The van der Waals surface area contributed by atoms with Crippen LogP contribution in [0.4, 0.5) is 0 Å². The van der Waals surface area contributed by atoms with Gasteiger partial charge in [-0.05, 0) is 117 Å². The normalized spacial score (nSPS) is 11.4. The lowest BCUT2D eigenvalue weighted by Crippen LogP contribution is -2.22. The third kappa shape index (κ3) is 7.29. The van der Waals surface area contributed by atoms with E-state index in [9.17, 15) is 8.42 Å². The first kappa shape index (κ1) is 33.5. The quantitative estimate of drug-likeness (QED) is 0.147. The molecule has 0 radical (unpaired) electrons. The number of rotatable bonds is 3. The molecule has 0 spiro atoms. The molecule has 50 heavy (non-hydrogen) atoms. The van der Waals surface area contributed by atoms with Crippen LogP contribution in [-0.4, -0.2) is 14.0 Å². The SMILES string of the molecule is CC(C)(C)Oc1ccc2cc(-c3c4ccccc4c([SH](=O)=O)c4ccccc34)ccc2c1.c1ccc2sccc2c1.c1ccc2sccc2c1. The van der Waals surface area contributed by atoms with Crippen LogP contribution in [0.1, 0.15) is 20.8 Å². The topological polar surface area (TPSA) is 43.4 Å². The van der Waals surface area contributed by atoms with Gasteiger partial charge in [0.05, 0.1) is 4.90 Å². The second-order valence-corrected chi connectivity index (χ2v) is 15.8. The fourth-order valence-corrected chi connectivity index (χ4v) is 8.59. The third-order valence-electron chi connectivity index (χ3n) is 8.33. The molecule has 0 unspecified atom stereocenters. The van der Waals surface area contributed by atoms with Gasteiger partial charge in [-0.15, -0.1) is 22.7 Å². The summed E-state index contributed by atoms with van der Waals surface area (Å²) < 4.78 is 33.2. The van der Waals surface area contributed by atoms with Gasteiger partial charge in [0.25, 0.3) is 0 Å². The number of ether oxygens (including phenoxy) is 1. The Kier molecular flexibility index (Phi) is 9.68. The maximum absolute atomic E-state index is 12.2. The van der Waals surface area contributed by atoms with Crippen molar-refractivity contribution in [2.75, 3.05) is 0 Å². The highest BCUT2D eigenvalue weighted by molar-refractivity contribution is 7.73. The highest BCUT2D eigenvalue weighted by Crippen LogP contribution is 2.41. The van der Waals surface area contributed by atoms with Gasteiger partial charge in [0.15, 0.2) is 10.7 Å². The van der Waals surface area contributed by atoms with Gasteiger partial charge < -0.3 is 4.74 Å². The van der Waals surface area contributed by atoms with E-state index in [0.29, 0.717) is 4.90 Å². The van der Waals surface area contributed by atoms with Gasteiger partial charge in [0.1, 0.15) is 11.4 Å². The molecule has 0 saturated heterocycles. The van der Waals surface area contributed by atoms with Gasteiger partial charge in [-0.1, -0.05) is 103 Å². The maximum atomic E-state index is 12.2. The molecule has 6 heteroatoms. The Bertz CT molecular complexity index is 2480.